The van der Waals surface area contributed by atoms with E-state index in [1.54, 1.807) is 11.1 Å². The first-order chi connectivity index (χ1) is 16.6. The Bertz CT molecular complexity index is 1040. The molecule has 2 aliphatic carbocycles. The average Bonchev–Trinajstić information content (AvgIpc) is 3.27. The van der Waals surface area contributed by atoms with Crippen molar-refractivity contribution in [2.45, 2.75) is 70.4 Å². The van der Waals surface area contributed by atoms with Crippen LogP contribution in [0.25, 0.3) is 0 Å². The third kappa shape index (κ3) is 4.20. The van der Waals surface area contributed by atoms with Crippen LogP contribution < -0.4 is 15.0 Å². The van der Waals surface area contributed by atoms with Gasteiger partial charge < -0.3 is 19.9 Å². The van der Waals surface area contributed by atoms with Gasteiger partial charge in [-0.05, 0) is 88.4 Å². The molecule has 0 bridgehead atoms. The van der Waals surface area contributed by atoms with Crippen LogP contribution in [0.4, 0.5) is 5.82 Å². The average molecular weight is 462 g/mol. The Balaban J connectivity index is 1.31. The molecule has 0 saturated carbocycles. The van der Waals surface area contributed by atoms with Crippen LogP contribution in [0.3, 0.4) is 0 Å². The first-order valence-corrected chi connectivity index (χ1v) is 13.4. The van der Waals surface area contributed by atoms with Crippen molar-refractivity contribution < 1.29 is 4.74 Å². The van der Waals surface area contributed by atoms with E-state index in [1.807, 2.05) is 0 Å². The lowest BCUT2D eigenvalue weighted by molar-refractivity contribution is 0.182. The van der Waals surface area contributed by atoms with E-state index in [0.717, 1.165) is 44.8 Å². The number of aromatic nitrogens is 2. The second-order valence-corrected chi connectivity index (χ2v) is 11.2. The van der Waals surface area contributed by atoms with Crippen LogP contribution in [0.1, 0.15) is 55.0 Å². The third-order valence-electron chi connectivity index (χ3n) is 8.96. The molecule has 6 heteroatoms. The molecule has 182 valence electrons. The zero-order valence-electron chi connectivity index (χ0n) is 20.9. The fourth-order valence-electron chi connectivity index (χ4n) is 6.78. The van der Waals surface area contributed by atoms with Crippen LogP contribution in [0.15, 0.2) is 24.3 Å². The molecule has 2 fully saturated rings. The summed E-state index contributed by atoms with van der Waals surface area (Å²) in [7, 11) is 2.20. The first kappa shape index (κ1) is 22.3. The largest absolute Gasteiger partial charge is 0.462 e. The SMILES string of the molecule is C[C@H]1CNCCN1c1nc(OC[C@@H]2CCCN2C)nc2c1CC[C@@]1(CCc3ccccc3C1)C2. The highest BCUT2D eigenvalue weighted by Gasteiger charge is 2.40. The predicted molar refractivity (Wildman–Crippen MR) is 136 cm³/mol. The quantitative estimate of drug-likeness (QED) is 0.753. The highest BCUT2D eigenvalue weighted by Crippen LogP contribution is 2.46. The minimum Gasteiger partial charge on any atom is -0.462 e. The maximum Gasteiger partial charge on any atom is 0.318 e. The smallest absolute Gasteiger partial charge is 0.318 e. The van der Waals surface area contributed by atoms with E-state index < -0.39 is 0 Å². The van der Waals surface area contributed by atoms with E-state index in [4.69, 9.17) is 14.7 Å². The third-order valence-corrected chi connectivity index (χ3v) is 8.96. The number of anilines is 1. The lowest BCUT2D eigenvalue weighted by Crippen LogP contribution is -2.51. The molecule has 1 N–H and O–H groups in total. The number of hydrogen-bond acceptors (Lipinski definition) is 6. The zero-order valence-corrected chi connectivity index (χ0v) is 20.9. The van der Waals surface area contributed by atoms with Gasteiger partial charge in [0, 0.05) is 37.3 Å². The van der Waals surface area contributed by atoms with Crippen LogP contribution in [0, 0.1) is 5.41 Å². The van der Waals surface area contributed by atoms with Gasteiger partial charge in [-0.25, -0.2) is 0 Å². The number of hydrogen-bond donors (Lipinski definition) is 1. The molecule has 6 nitrogen and oxygen atoms in total. The number of piperazine rings is 1. The van der Waals surface area contributed by atoms with Gasteiger partial charge >= 0.3 is 6.01 Å². The molecule has 2 saturated heterocycles. The molecule has 3 atom stereocenters. The fraction of sp³-hybridized carbons (Fsp3) is 0.643. The topological polar surface area (TPSA) is 53.5 Å². The van der Waals surface area contributed by atoms with E-state index in [1.165, 1.54) is 49.8 Å². The summed E-state index contributed by atoms with van der Waals surface area (Å²) >= 11 is 0. The van der Waals surface area contributed by atoms with E-state index in [2.05, 4.69) is 53.4 Å². The van der Waals surface area contributed by atoms with Gasteiger partial charge in [0.25, 0.3) is 0 Å². The summed E-state index contributed by atoms with van der Waals surface area (Å²) in [6.07, 6.45) is 9.44. The number of benzene rings is 1. The van der Waals surface area contributed by atoms with Gasteiger partial charge in [0.05, 0.1) is 5.69 Å². The summed E-state index contributed by atoms with van der Waals surface area (Å²) in [5, 5.41) is 3.53. The van der Waals surface area contributed by atoms with Crippen LogP contribution in [0.5, 0.6) is 6.01 Å². The molecule has 0 amide bonds. The zero-order chi connectivity index (χ0) is 23.1. The van der Waals surface area contributed by atoms with E-state index in [9.17, 15) is 0 Å². The summed E-state index contributed by atoms with van der Waals surface area (Å²) in [4.78, 5) is 15.1. The van der Waals surface area contributed by atoms with Gasteiger partial charge in [0.2, 0.25) is 0 Å². The molecule has 3 heterocycles. The fourth-order valence-corrected chi connectivity index (χ4v) is 6.78. The number of nitrogens with zero attached hydrogens (tertiary/aromatic N) is 4. The maximum absolute atomic E-state index is 6.32. The second kappa shape index (κ2) is 9.12. The van der Waals surface area contributed by atoms with Crippen molar-refractivity contribution in [3.8, 4) is 6.01 Å². The molecular weight excluding hydrogens is 422 g/mol. The monoisotopic (exact) mass is 461 g/mol. The molecule has 2 aliphatic heterocycles. The lowest BCUT2D eigenvalue weighted by atomic mass is 9.63. The van der Waals surface area contributed by atoms with Crippen molar-refractivity contribution >= 4 is 5.82 Å². The molecule has 1 aromatic heterocycles. The lowest BCUT2D eigenvalue weighted by Gasteiger charge is -2.43. The minimum atomic E-state index is 0.324. The van der Waals surface area contributed by atoms with Crippen molar-refractivity contribution in [3.63, 3.8) is 0 Å². The van der Waals surface area contributed by atoms with Gasteiger partial charge in [-0.15, -0.1) is 0 Å². The molecule has 2 aromatic rings. The Morgan fingerprint density at radius 1 is 1.09 bits per heavy atom. The maximum atomic E-state index is 6.32. The Kier molecular flexibility index (Phi) is 5.98. The number of rotatable bonds is 4. The molecule has 1 aromatic carbocycles. The highest BCUT2D eigenvalue weighted by atomic mass is 16.5. The first-order valence-electron chi connectivity index (χ1n) is 13.4. The number of likely N-dealkylation sites (N-methyl/N-ethyl adjacent to an activating group) is 1. The Hall–Kier alpha value is -2.18. The molecule has 0 unspecified atom stereocenters. The van der Waals surface area contributed by atoms with Crippen LogP contribution in [0.2, 0.25) is 0 Å². The second-order valence-electron chi connectivity index (χ2n) is 11.2. The molecule has 6 rings (SSSR count). The van der Waals surface area contributed by atoms with Crippen molar-refractivity contribution in [1.82, 2.24) is 20.2 Å². The van der Waals surface area contributed by atoms with Crippen LogP contribution >= 0.6 is 0 Å². The molecule has 1 spiro atoms. The molecule has 0 radical (unpaired) electrons. The number of aryl methyl sites for hydroxylation is 1. The van der Waals surface area contributed by atoms with Gasteiger partial charge in [-0.3, -0.25) is 0 Å². The summed E-state index contributed by atoms with van der Waals surface area (Å²) < 4.78 is 6.32. The molecule has 4 aliphatic rings. The number of nitrogens with one attached hydrogen (secondary N) is 1. The number of likely N-dealkylation sites (tertiary alicyclic amines) is 1. The highest BCUT2D eigenvalue weighted by molar-refractivity contribution is 5.53. The van der Waals surface area contributed by atoms with Crippen LogP contribution in [-0.2, 0) is 25.7 Å². The Morgan fingerprint density at radius 2 is 1.94 bits per heavy atom. The standard InChI is InChI=1S/C28H39N5O/c1-20-18-29-13-15-33(20)26-24-10-12-28(11-9-21-6-3-4-7-22(21)16-28)17-25(24)30-27(31-26)34-19-23-8-5-14-32(23)2/h3-4,6-7,20,23,29H,5,8-19H2,1-2H3/t20-,23-,28+/m0/s1. The summed E-state index contributed by atoms with van der Waals surface area (Å²) in [5.74, 6) is 1.14. The minimum absolute atomic E-state index is 0.324. The van der Waals surface area contributed by atoms with E-state index >= 15 is 0 Å². The summed E-state index contributed by atoms with van der Waals surface area (Å²) in [6.45, 7) is 7.15. The van der Waals surface area contributed by atoms with Crippen molar-refractivity contribution in [1.29, 1.82) is 0 Å². The molecule has 34 heavy (non-hydrogen) atoms. The van der Waals surface area contributed by atoms with Crippen LogP contribution in [-0.4, -0.2) is 66.8 Å². The van der Waals surface area contributed by atoms with Gasteiger partial charge in [-0.2, -0.15) is 9.97 Å². The predicted octanol–water partition coefficient (Wildman–Crippen LogP) is 3.41. The summed E-state index contributed by atoms with van der Waals surface area (Å²) in [5.41, 5.74) is 6.04. The number of ether oxygens (including phenoxy) is 1. The van der Waals surface area contributed by atoms with Crippen molar-refractivity contribution in [2.75, 3.05) is 44.7 Å². The van der Waals surface area contributed by atoms with Crippen molar-refractivity contribution in [2.24, 2.45) is 5.41 Å². The van der Waals surface area contributed by atoms with E-state index in [0.29, 0.717) is 30.1 Å². The molecular formula is C28H39N5O. The normalized spacial score (nSPS) is 29.2. The van der Waals surface area contributed by atoms with Gasteiger partial charge in [0.15, 0.2) is 0 Å². The Labute approximate surface area is 204 Å². The van der Waals surface area contributed by atoms with E-state index in [-0.39, 0.29) is 0 Å². The summed E-state index contributed by atoms with van der Waals surface area (Å²) in [6, 6.07) is 10.5. The Morgan fingerprint density at radius 3 is 2.76 bits per heavy atom. The van der Waals surface area contributed by atoms with Gasteiger partial charge in [0.1, 0.15) is 12.4 Å². The van der Waals surface area contributed by atoms with Crippen molar-refractivity contribution in [3.05, 3.63) is 46.6 Å². The van der Waals surface area contributed by atoms with Gasteiger partial charge in [-0.1, -0.05) is 24.3 Å². The number of fused-ring (bicyclic) bond motifs is 2.